The summed E-state index contributed by atoms with van der Waals surface area (Å²) in [4.78, 5) is 24.0. The number of aromatic nitrogens is 1. The van der Waals surface area contributed by atoms with Gasteiger partial charge in [0.05, 0.1) is 0 Å². The van der Waals surface area contributed by atoms with Crippen molar-refractivity contribution in [3.05, 3.63) is 51.4 Å². The molecule has 1 saturated carbocycles. The SMILES string of the molecule is Nc1ccc(Cl)cc1-c1cc2n(c(=O)c1)C(C(=O)O)CC21CC1. The van der Waals surface area contributed by atoms with Crippen LogP contribution >= 0.6 is 11.6 Å². The highest BCUT2D eigenvalue weighted by Gasteiger charge is 2.54. The zero-order valence-electron chi connectivity index (χ0n) is 12.3. The number of nitrogen functional groups attached to an aromatic ring is 1. The molecule has 3 N–H and O–H groups in total. The van der Waals surface area contributed by atoms with E-state index >= 15 is 0 Å². The molecule has 1 fully saturated rings. The van der Waals surface area contributed by atoms with Crippen molar-refractivity contribution in [2.75, 3.05) is 5.73 Å². The van der Waals surface area contributed by atoms with Crippen LogP contribution in [-0.2, 0) is 10.2 Å². The number of hydrogen-bond acceptors (Lipinski definition) is 3. The first-order valence-corrected chi connectivity index (χ1v) is 7.84. The van der Waals surface area contributed by atoms with Crippen LogP contribution < -0.4 is 11.3 Å². The summed E-state index contributed by atoms with van der Waals surface area (Å²) in [5, 5.41) is 9.96. The van der Waals surface area contributed by atoms with E-state index in [1.165, 1.54) is 10.6 Å². The number of rotatable bonds is 2. The van der Waals surface area contributed by atoms with Crippen LogP contribution in [0.1, 0.15) is 31.0 Å². The van der Waals surface area contributed by atoms with E-state index in [4.69, 9.17) is 17.3 Å². The second kappa shape index (κ2) is 4.61. The Morgan fingerprint density at radius 3 is 2.70 bits per heavy atom. The van der Waals surface area contributed by atoms with Crippen molar-refractivity contribution in [3.8, 4) is 11.1 Å². The molecule has 0 saturated heterocycles. The number of nitrogens with zero attached hydrogens (tertiary/aromatic N) is 1. The fourth-order valence-corrected chi connectivity index (χ4v) is 3.79. The Bertz CT molecular complexity index is 899. The number of benzene rings is 1. The van der Waals surface area contributed by atoms with E-state index < -0.39 is 12.0 Å². The monoisotopic (exact) mass is 330 g/mol. The van der Waals surface area contributed by atoms with Gasteiger partial charge in [-0.15, -0.1) is 0 Å². The quantitative estimate of drug-likeness (QED) is 0.829. The first kappa shape index (κ1) is 14.3. The van der Waals surface area contributed by atoms with Gasteiger partial charge in [0.1, 0.15) is 6.04 Å². The predicted octanol–water partition coefficient (Wildman–Crippen LogP) is 2.81. The minimum Gasteiger partial charge on any atom is -0.480 e. The zero-order chi connectivity index (χ0) is 16.4. The third-order valence-corrected chi connectivity index (χ3v) is 5.21. The molecule has 1 aromatic carbocycles. The summed E-state index contributed by atoms with van der Waals surface area (Å²) in [5.41, 5.74) is 8.30. The fourth-order valence-electron chi connectivity index (χ4n) is 3.62. The second-order valence-corrected chi connectivity index (χ2v) is 6.84. The van der Waals surface area contributed by atoms with Crippen LogP contribution in [0.5, 0.6) is 0 Å². The number of aliphatic carboxylic acids is 1. The molecular formula is C17H15ClN2O3. The molecule has 6 heteroatoms. The van der Waals surface area contributed by atoms with E-state index in [2.05, 4.69) is 0 Å². The molecule has 2 aliphatic rings. The summed E-state index contributed by atoms with van der Waals surface area (Å²) in [7, 11) is 0. The Morgan fingerprint density at radius 2 is 2.04 bits per heavy atom. The van der Waals surface area contributed by atoms with Crippen molar-refractivity contribution in [2.45, 2.75) is 30.7 Å². The smallest absolute Gasteiger partial charge is 0.326 e. The summed E-state index contributed by atoms with van der Waals surface area (Å²) in [5.74, 6) is -0.952. The van der Waals surface area contributed by atoms with Gasteiger partial charge >= 0.3 is 5.97 Å². The van der Waals surface area contributed by atoms with Gasteiger partial charge in [-0.3, -0.25) is 9.36 Å². The van der Waals surface area contributed by atoms with Gasteiger partial charge in [-0.25, -0.2) is 4.79 Å². The number of hydrogen-bond donors (Lipinski definition) is 2. The highest BCUT2D eigenvalue weighted by atomic mass is 35.5. The molecule has 1 unspecified atom stereocenters. The Labute approximate surface area is 137 Å². The van der Waals surface area contributed by atoms with Crippen LogP contribution in [0.15, 0.2) is 35.1 Å². The van der Waals surface area contributed by atoms with Gasteiger partial charge < -0.3 is 10.8 Å². The topological polar surface area (TPSA) is 85.3 Å². The van der Waals surface area contributed by atoms with Crippen LogP contribution in [-0.4, -0.2) is 15.6 Å². The van der Waals surface area contributed by atoms with E-state index in [-0.39, 0.29) is 11.0 Å². The number of nitrogens with two attached hydrogens (primary N) is 1. The van der Waals surface area contributed by atoms with Crippen LogP contribution in [0.25, 0.3) is 11.1 Å². The molecule has 5 nitrogen and oxygen atoms in total. The van der Waals surface area contributed by atoms with E-state index in [1.807, 2.05) is 6.07 Å². The molecule has 1 spiro atoms. The molecule has 1 aliphatic carbocycles. The normalized spacial score (nSPS) is 20.5. The van der Waals surface area contributed by atoms with E-state index in [0.29, 0.717) is 28.3 Å². The Hall–Kier alpha value is -2.27. The number of carbonyl (C=O) groups is 1. The number of carboxylic acids is 1. The average molecular weight is 331 g/mol. The average Bonchev–Trinajstić information content (AvgIpc) is 3.19. The lowest BCUT2D eigenvalue weighted by molar-refractivity contribution is -0.140. The first-order valence-electron chi connectivity index (χ1n) is 7.47. The molecule has 1 aromatic heterocycles. The second-order valence-electron chi connectivity index (χ2n) is 6.41. The summed E-state index contributed by atoms with van der Waals surface area (Å²) < 4.78 is 1.43. The van der Waals surface area contributed by atoms with Gasteiger partial charge in [-0.05, 0) is 49.1 Å². The molecule has 118 valence electrons. The third-order valence-electron chi connectivity index (χ3n) is 4.97. The van der Waals surface area contributed by atoms with Crippen molar-refractivity contribution < 1.29 is 9.90 Å². The zero-order valence-corrected chi connectivity index (χ0v) is 13.0. The van der Waals surface area contributed by atoms with Crippen LogP contribution in [0, 0.1) is 0 Å². The highest BCUT2D eigenvalue weighted by molar-refractivity contribution is 6.31. The lowest BCUT2D eigenvalue weighted by atomic mass is 9.96. The number of halogens is 1. The first-order chi connectivity index (χ1) is 10.9. The third kappa shape index (κ3) is 2.07. The number of pyridine rings is 1. The van der Waals surface area contributed by atoms with E-state index in [9.17, 15) is 14.7 Å². The molecule has 2 heterocycles. The van der Waals surface area contributed by atoms with Crippen LogP contribution in [0.3, 0.4) is 0 Å². The molecular weight excluding hydrogens is 316 g/mol. The molecule has 23 heavy (non-hydrogen) atoms. The van der Waals surface area contributed by atoms with E-state index in [0.717, 1.165) is 18.5 Å². The number of carboxylic acid groups (broad SMARTS) is 1. The molecule has 0 radical (unpaired) electrons. The minimum absolute atomic E-state index is 0.161. The summed E-state index contributed by atoms with van der Waals surface area (Å²) in [6.07, 6.45) is 2.33. The van der Waals surface area contributed by atoms with Crippen molar-refractivity contribution in [1.29, 1.82) is 0 Å². The molecule has 4 rings (SSSR count). The van der Waals surface area contributed by atoms with Gasteiger partial charge in [0, 0.05) is 33.4 Å². The van der Waals surface area contributed by atoms with Crippen LogP contribution in [0.4, 0.5) is 5.69 Å². The van der Waals surface area contributed by atoms with Crippen molar-refractivity contribution >= 4 is 23.3 Å². The highest BCUT2D eigenvalue weighted by Crippen LogP contribution is 2.57. The summed E-state index contributed by atoms with van der Waals surface area (Å²) in [6, 6.07) is 7.71. The maximum atomic E-state index is 12.6. The Morgan fingerprint density at radius 1 is 1.30 bits per heavy atom. The van der Waals surface area contributed by atoms with Gasteiger partial charge in [0.2, 0.25) is 0 Å². The van der Waals surface area contributed by atoms with Gasteiger partial charge in [0.25, 0.3) is 5.56 Å². The fraction of sp³-hybridized carbons (Fsp3) is 0.294. The lowest BCUT2D eigenvalue weighted by Gasteiger charge is -2.13. The largest absolute Gasteiger partial charge is 0.480 e. The predicted molar refractivity (Wildman–Crippen MR) is 87.8 cm³/mol. The molecule has 2 aromatic rings. The van der Waals surface area contributed by atoms with Gasteiger partial charge in [0.15, 0.2) is 0 Å². The maximum absolute atomic E-state index is 12.6. The number of anilines is 1. The standard InChI is InChI=1S/C17H15ClN2O3/c18-10-1-2-12(19)11(7-10)9-5-14-17(3-4-17)8-13(16(22)23)20(14)15(21)6-9/h1-2,5-7,13H,3-4,8,19H2,(H,22,23). The maximum Gasteiger partial charge on any atom is 0.326 e. The molecule has 1 atom stereocenters. The Balaban J connectivity index is 1.94. The van der Waals surface area contributed by atoms with Gasteiger partial charge in [-0.1, -0.05) is 11.6 Å². The van der Waals surface area contributed by atoms with E-state index in [1.54, 1.807) is 18.2 Å². The number of fused-ring (bicyclic) bond motifs is 2. The lowest BCUT2D eigenvalue weighted by Crippen LogP contribution is -2.27. The molecule has 1 aliphatic heterocycles. The van der Waals surface area contributed by atoms with Gasteiger partial charge in [-0.2, -0.15) is 0 Å². The van der Waals surface area contributed by atoms with Crippen molar-refractivity contribution in [1.82, 2.24) is 4.57 Å². The Kier molecular flexibility index (Phi) is 2.87. The van der Waals surface area contributed by atoms with Crippen molar-refractivity contribution in [2.24, 2.45) is 0 Å². The molecule has 0 amide bonds. The van der Waals surface area contributed by atoms with Crippen molar-refractivity contribution in [3.63, 3.8) is 0 Å². The summed E-state index contributed by atoms with van der Waals surface area (Å²) in [6.45, 7) is 0. The summed E-state index contributed by atoms with van der Waals surface area (Å²) >= 11 is 6.04. The minimum atomic E-state index is -0.952. The van der Waals surface area contributed by atoms with Crippen LogP contribution in [0.2, 0.25) is 5.02 Å². The molecule has 0 bridgehead atoms.